The Hall–Kier alpha value is -2.87. The van der Waals surface area contributed by atoms with E-state index in [1.165, 1.54) is 32.1 Å². The number of hydrogen-bond acceptors (Lipinski definition) is 4. The van der Waals surface area contributed by atoms with E-state index in [1.54, 1.807) is 4.68 Å². The molecule has 2 aromatic rings. The molecular formula is C28H41N5O3. The topological polar surface area (TPSA) is 90.7 Å². The summed E-state index contributed by atoms with van der Waals surface area (Å²) in [6, 6.07) is 11.4. The third-order valence-corrected chi connectivity index (χ3v) is 7.84. The van der Waals surface area contributed by atoms with Gasteiger partial charge in [0.25, 0.3) is 5.91 Å². The lowest BCUT2D eigenvalue weighted by Crippen LogP contribution is -2.35. The van der Waals surface area contributed by atoms with E-state index in [2.05, 4.69) is 15.3 Å². The van der Waals surface area contributed by atoms with E-state index in [9.17, 15) is 14.7 Å². The van der Waals surface area contributed by atoms with Crippen molar-refractivity contribution in [2.24, 2.45) is 18.9 Å². The highest BCUT2D eigenvalue weighted by molar-refractivity contribution is 5.93. The molecule has 36 heavy (non-hydrogen) atoms. The number of benzene rings is 1. The van der Waals surface area contributed by atoms with Gasteiger partial charge in [0.1, 0.15) is 5.69 Å². The number of rotatable bonds is 7. The van der Waals surface area contributed by atoms with Crippen LogP contribution in [0.4, 0.5) is 4.79 Å². The Balaban J connectivity index is 0.000000543. The standard InChI is InChI=1S/C23H31N5O3.C5H10/c1-3-19-11-21(26(2)25-19)22(29)28-14-17-12-27(13-18(17)15-28)10-9-20(24-23(30)31)16-7-5-4-6-8-16;1-2-4-5-3-1/h4-8,11,17-18,20,24H,3,9-10,12-15H2,1-2H3,(H,30,31);1-5H2/t17-,18?,20?;/m0./s1. The lowest BCUT2D eigenvalue weighted by Gasteiger charge is -2.24. The van der Waals surface area contributed by atoms with E-state index in [1.807, 2.05) is 55.3 Å². The quantitative estimate of drug-likeness (QED) is 0.597. The molecule has 0 bridgehead atoms. The highest BCUT2D eigenvalue weighted by atomic mass is 16.4. The Morgan fingerprint density at radius 1 is 1.03 bits per heavy atom. The van der Waals surface area contributed by atoms with Gasteiger partial charge >= 0.3 is 6.09 Å². The van der Waals surface area contributed by atoms with Crippen LogP contribution >= 0.6 is 0 Å². The Bertz CT molecular complexity index is 982. The van der Waals surface area contributed by atoms with Gasteiger partial charge in [-0.05, 0) is 36.3 Å². The van der Waals surface area contributed by atoms with Gasteiger partial charge in [-0.2, -0.15) is 5.10 Å². The van der Waals surface area contributed by atoms with E-state index < -0.39 is 6.09 Å². The van der Waals surface area contributed by atoms with Gasteiger partial charge in [0, 0.05) is 39.8 Å². The summed E-state index contributed by atoms with van der Waals surface area (Å²) >= 11 is 0. The summed E-state index contributed by atoms with van der Waals surface area (Å²) in [7, 11) is 1.83. The van der Waals surface area contributed by atoms with Crippen LogP contribution in [0.1, 0.15) is 73.2 Å². The van der Waals surface area contributed by atoms with Crippen LogP contribution in [0.5, 0.6) is 0 Å². The highest BCUT2D eigenvalue weighted by Gasteiger charge is 2.42. The number of likely N-dealkylation sites (tertiary alicyclic amines) is 2. The van der Waals surface area contributed by atoms with Crippen molar-refractivity contribution in [3.05, 3.63) is 53.3 Å². The van der Waals surface area contributed by atoms with Gasteiger partial charge in [-0.3, -0.25) is 9.48 Å². The molecule has 3 heterocycles. The maximum absolute atomic E-state index is 13.0. The molecule has 0 spiro atoms. The van der Waals surface area contributed by atoms with E-state index in [0.717, 1.165) is 56.8 Å². The van der Waals surface area contributed by atoms with Crippen LogP contribution in [0, 0.1) is 11.8 Å². The lowest BCUT2D eigenvalue weighted by molar-refractivity contribution is 0.0763. The van der Waals surface area contributed by atoms with Gasteiger partial charge in [0.05, 0.1) is 11.7 Å². The van der Waals surface area contributed by atoms with Gasteiger partial charge in [-0.15, -0.1) is 0 Å². The second-order valence-corrected chi connectivity index (χ2v) is 10.5. The molecular weight excluding hydrogens is 454 g/mol. The Kier molecular flexibility index (Phi) is 9.02. The fourth-order valence-corrected chi connectivity index (χ4v) is 5.85. The molecule has 3 aliphatic rings. The Morgan fingerprint density at radius 2 is 1.64 bits per heavy atom. The predicted octanol–water partition coefficient (Wildman–Crippen LogP) is 4.34. The van der Waals surface area contributed by atoms with Crippen LogP contribution < -0.4 is 5.32 Å². The molecule has 5 rings (SSSR count). The van der Waals surface area contributed by atoms with E-state index in [4.69, 9.17) is 0 Å². The molecule has 3 fully saturated rings. The smallest absolute Gasteiger partial charge is 0.405 e. The molecule has 8 nitrogen and oxygen atoms in total. The van der Waals surface area contributed by atoms with Gasteiger partial charge in [0.15, 0.2) is 0 Å². The van der Waals surface area contributed by atoms with Crippen molar-refractivity contribution >= 4 is 12.0 Å². The first-order valence-corrected chi connectivity index (χ1v) is 13.5. The zero-order valence-corrected chi connectivity index (χ0v) is 21.7. The average Bonchev–Trinajstić information content (AvgIpc) is 3.67. The van der Waals surface area contributed by atoms with Crippen LogP contribution in [-0.4, -0.2) is 69.4 Å². The van der Waals surface area contributed by atoms with E-state index in [0.29, 0.717) is 17.5 Å². The van der Waals surface area contributed by atoms with Crippen LogP contribution in [0.3, 0.4) is 0 Å². The Labute approximate surface area is 214 Å². The molecule has 8 heteroatoms. The van der Waals surface area contributed by atoms with Crippen molar-refractivity contribution in [2.75, 3.05) is 32.7 Å². The number of amides is 2. The zero-order valence-electron chi connectivity index (χ0n) is 21.7. The maximum atomic E-state index is 13.0. The van der Waals surface area contributed by atoms with Gasteiger partial charge in [0.2, 0.25) is 0 Å². The molecule has 1 aliphatic carbocycles. The summed E-state index contributed by atoms with van der Waals surface area (Å²) in [5.74, 6) is 1.03. The number of fused-ring (bicyclic) bond motifs is 1. The number of nitrogens with one attached hydrogen (secondary N) is 1. The van der Waals surface area contributed by atoms with Crippen molar-refractivity contribution in [1.29, 1.82) is 0 Å². The molecule has 2 N–H and O–H groups in total. The fourth-order valence-electron chi connectivity index (χ4n) is 5.85. The number of carboxylic acid groups (broad SMARTS) is 1. The van der Waals surface area contributed by atoms with Crippen LogP contribution in [0.25, 0.3) is 0 Å². The minimum Gasteiger partial charge on any atom is -0.465 e. The van der Waals surface area contributed by atoms with Crippen LogP contribution in [0.2, 0.25) is 0 Å². The maximum Gasteiger partial charge on any atom is 0.405 e. The normalized spacial score (nSPS) is 22.1. The molecule has 2 aliphatic heterocycles. The first-order chi connectivity index (χ1) is 17.4. The molecule has 2 unspecified atom stereocenters. The van der Waals surface area contributed by atoms with E-state index in [-0.39, 0.29) is 11.9 Å². The second kappa shape index (κ2) is 12.4. The minimum atomic E-state index is -0.998. The average molecular weight is 496 g/mol. The molecule has 2 saturated heterocycles. The van der Waals surface area contributed by atoms with Crippen molar-refractivity contribution in [3.8, 4) is 0 Å². The molecule has 0 radical (unpaired) electrons. The number of carbonyl (C=O) groups is 2. The number of carbonyl (C=O) groups excluding carboxylic acids is 1. The summed E-state index contributed by atoms with van der Waals surface area (Å²) < 4.78 is 1.70. The predicted molar refractivity (Wildman–Crippen MR) is 140 cm³/mol. The van der Waals surface area contributed by atoms with Gasteiger partial charge in [-0.25, -0.2) is 4.79 Å². The largest absolute Gasteiger partial charge is 0.465 e. The lowest BCUT2D eigenvalue weighted by atomic mass is 10.0. The van der Waals surface area contributed by atoms with Crippen molar-refractivity contribution in [2.45, 2.75) is 57.9 Å². The zero-order chi connectivity index (χ0) is 25.5. The number of aromatic nitrogens is 2. The molecule has 196 valence electrons. The summed E-state index contributed by atoms with van der Waals surface area (Å²) in [4.78, 5) is 28.6. The molecule has 1 aromatic carbocycles. The number of aryl methyl sites for hydroxylation is 2. The van der Waals surface area contributed by atoms with Crippen molar-refractivity contribution in [3.63, 3.8) is 0 Å². The van der Waals surface area contributed by atoms with E-state index >= 15 is 0 Å². The summed E-state index contributed by atoms with van der Waals surface area (Å²) in [6.07, 6.45) is 8.05. The molecule has 1 aromatic heterocycles. The number of hydrogen-bond donors (Lipinski definition) is 2. The summed E-state index contributed by atoms with van der Waals surface area (Å²) in [5.41, 5.74) is 2.60. The van der Waals surface area contributed by atoms with Gasteiger partial charge in [-0.1, -0.05) is 69.4 Å². The molecule has 1 saturated carbocycles. The van der Waals surface area contributed by atoms with Crippen LogP contribution in [0.15, 0.2) is 36.4 Å². The second-order valence-electron chi connectivity index (χ2n) is 10.5. The van der Waals surface area contributed by atoms with Crippen molar-refractivity contribution < 1.29 is 14.7 Å². The Morgan fingerprint density at radius 3 is 2.17 bits per heavy atom. The van der Waals surface area contributed by atoms with Crippen molar-refractivity contribution in [1.82, 2.24) is 24.9 Å². The first kappa shape index (κ1) is 26.2. The third-order valence-electron chi connectivity index (χ3n) is 7.84. The summed E-state index contributed by atoms with van der Waals surface area (Å²) in [5, 5.41) is 16.3. The molecule has 2 amide bonds. The SMILES string of the molecule is C1CCCC1.CCc1cc(C(=O)N2CC3CN(CCC(NC(=O)O)c4ccccc4)C[C@H]3C2)n(C)n1. The first-order valence-electron chi connectivity index (χ1n) is 13.5. The van der Waals surface area contributed by atoms with Crippen LogP contribution in [-0.2, 0) is 13.5 Å². The highest BCUT2D eigenvalue weighted by Crippen LogP contribution is 2.32. The fraction of sp³-hybridized carbons (Fsp3) is 0.607. The summed E-state index contributed by atoms with van der Waals surface area (Å²) in [6.45, 7) is 6.34. The minimum absolute atomic E-state index is 0.0745. The number of nitrogens with zero attached hydrogens (tertiary/aromatic N) is 4. The molecule has 3 atom stereocenters. The van der Waals surface area contributed by atoms with Gasteiger partial charge < -0.3 is 20.2 Å². The monoisotopic (exact) mass is 495 g/mol. The third kappa shape index (κ3) is 6.66.